The maximum absolute atomic E-state index is 9.16. The molecule has 1 fully saturated rings. The second kappa shape index (κ2) is 6.46. The zero-order valence-corrected chi connectivity index (χ0v) is 10.4. The molecule has 1 saturated heterocycles. The Balaban J connectivity index is 2.25. The molecule has 1 aliphatic heterocycles. The van der Waals surface area contributed by atoms with Crippen LogP contribution in [0.15, 0.2) is 0 Å². The van der Waals surface area contributed by atoms with Crippen LogP contribution in [0.4, 0.5) is 0 Å². The molecule has 3 nitrogen and oxygen atoms in total. The van der Waals surface area contributed by atoms with Gasteiger partial charge in [0.25, 0.3) is 0 Å². The number of hydrogen-bond acceptors (Lipinski definition) is 3. The number of rotatable bonds is 5. The standard InChI is InChI=1S/C12H26N2O/c1-4-12(10-15)9-13-5-7-14(8-6-13)11(2)3/h11-12,15H,4-10H2,1-3H3. The van der Waals surface area contributed by atoms with Crippen LogP contribution in [0.2, 0.25) is 0 Å². The van der Waals surface area contributed by atoms with Gasteiger partial charge in [-0.25, -0.2) is 0 Å². The second-order valence-electron chi connectivity index (χ2n) is 4.89. The molecule has 0 aromatic carbocycles. The van der Waals surface area contributed by atoms with Crippen molar-refractivity contribution in [2.24, 2.45) is 5.92 Å². The lowest BCUT2D eigenvalue weighted by molar-refractivity contribution is 0.0838. The molecular formula is C12H26N2O. The van der Waals surface area contributed by atoms with Crippen molar-refractivity contribution in [1.29, 1.82) is 0 Å². The molecule has 0 aliphatic carbocycles. The van der Waals surface area contributed by atoms with Crippen LogP contribution in [0.5, 0.6) is 0 Å². The summed E-state index contributed by atoms with van der Waals surface area (Å²) in [7, 11) is 0. The molecule has 0 radical (unpaired) electrons. The Kier molecular flexibility index (Phi) is 5.58. The summed E-state index contributed by atoms with van der Waals surface area (Å²) >= 11 is 0. The largest absolute Gasteiger partial charge is 0.396 e. The van der Waals surface area contributed by atoms with Gasteiger partial charge in [-0.15, -0.1) is 0 Å². The van der Waals surface area contributed by atoms with Gasteiger partial charge in [0.05, 0.1) is 0 Å². The number of aliphatic hydroxyl groups is 1. The van der Waals surface area contributed by atoms with Crippen molar-refractivity contribution in [3.8, 4) is 0 Å². The van der Waals surface area contributed by atoms with Gasteiger partial charge in [0.2, 0.25) is 0 Å². The lowest BCUT2D eigenvalue weighted by Gasteiger charge is -2.38. The minimum Gasteiger partial charge on any atom is -0.396 e. The van der Waals surface area contributed by atoms with E-state index in [1.54, 1.807) is 0 Å². The highest BCUT2D eigenvalue weighted by Gasteiger charge is 2.20. The molecule has 1 N–H and O–H groups in total. The maximum Gasteiger partial charge on any atom is 0.0471 e. The molecule has 0 spiro atoms. The van der Waals surface area contributed by atoms with Crippen molar-refractivity contribution >= 4 is 0 Å². The molecule has 0 bridgehead atoms. The smallest absolute Gasteiger partial charge is 0.0471 e. The van der Waals surface area contributed by atoms with Gasteiger partial charge >= 0.3 is 0 Å². The fraction of sp³-hybridized carbons (Fsp3) is 1.00. The molecule has 1 aliphatic rings. The first kappa shape index (κ1) is 12.9. The summed E-state index contributed by atoms with van der Waals surface area (Å²) in [5.74, 6) is 0.468. The lowest BCUT2D eigenvalue weighted by atomic mass is 10.1. The van der Waals surface area contributed by atoms with Gasteiger partial charge in [-0.1, -0.05) is 6.92 Å². The molecule has 0 aromatic rings. The molecular weight excluding hydrogens is 188 g/mol. The third kappa shape index (κ3) is 4.09. The minimum absolute atomic E-state index is 0.334. The summed E-state index contributed by atoms with van der Waals surface area (Å²) in [4.78, 5) is 5.01. The van der Waals surface area contributed by atoms with E-state index in [2.05, 4.69) is 30.6 Å². The highest BCUT2D eigenvalue weighted by Crippen LogP contribution is 2.09. The van der Waals surface area contributed by atoms with E-state index in [1.165, 1.54) is 13.1 Å². The topological polar surface area (TPSA) is 26.7 Å². The van der Waals surface area contributed by atoms with Gasteiger partial charge in [-0.05, 0) is 26.2 Å². The minimum atomic E-state index is 0.334. The molecule has 1 unspecified atom stereocenters. The number of aliphatic hydroxyl groups excluding tert-OH is 1. The zero-order valence-electron chi connectivity index (χ0n) is 10.4. The molecule has 1 heterocycles. The van der Waals surface area contributed by atoms with Gasteiger partial charge in [0.15, 0.2) is 0 Å². The van der Waals surface area contributed by atoms with Crippen LogP contribution in [0, 0.1) is 5.92 Å². The summed E-state index contributed by atoms with van der Waals surface area (Å²) in [6.07, 6.45) is 1.08. The molecule has 0 amide bonds. The molecule has 90 valence electrons. The Bertz CT molecular complexity index is 161. The molecule has 1 rings (SSSR count). The maximum atomic E-state index is 9.16. The van der Waals surface area contributed by atoms with Crippen molar-refractivity contribution in [3.63, 3.8) is 0 Å². The number of nitrogens with zero attached hydrogens (tertiary/aromatic N) is 2. The molecule has 1 atom stereocenters. The molecule has 0 aromatic heterocycles. The van der Waals surface area contributed by atoms with Crippen LogP contribution in [-0.2, 0) is 0 Å². The van der Waals surface area contributed by atoms with Crippen LogP contribution in [-0.4, -0.2) is 60.3 Å². The normalized spacial score (nSPS) is 22.2. The van der Waals surface area contributed by atoms with Gasteiger partial charge in [-0.2, -0.15) is 0 Å². The van der Waals surface area contributed by atoms with E-state index < -0.39 is 0 Å². The van der Waals surface area contributed by atoms with Crippen LogP contribution in [0.25, 0.3) is 0 Å². The first-order valence-electron chi connectivity index (χ1n) is 6.24. The quantitative estimate of drug-likeness (QED) is 0.740. The summed E-state index contributed by atoms with van der Waals surface area (Å²) < 4.78 is 0. The summed E-state index contributed by atoms with van der Waals surface area (Å²) in [5, 5.41) is 9.16. The predicted molar refractivity (Wildman–Crippen MR) is 64.0 cm³/mol. The Morgan fingerprint density at radius 1 is 1.13 bits per heavy atom. The van der Waals surface area contributed by atoms with Crippen molar-refractivity contribution < 1.29 is 5.11 Å². The highest BCUT2D eigenvalue weighted by atomic mass is 16.3. The Morgan fingerprint density at radius 3 is 2.13 bits per heavy atom. The van der Waals surface area contributed by atoms with Crippen LogP contribution in [0.3, 0.4) is 0 Å². The van der Waals surface area contributed by atoms with Crippen LogP contribution >= 0.6 is 0 Å². The molecule has 0 saturated carbocycles. The van der Waals surface area contributed by atoms with E-state index in [1.807, 2.05) is 0 Å². The Labute approximate surface area is 94.1 Å². The zero-order chi connectivity index (χ0) is 11.3. The third-order valence-corrected chi connectivity index (χ3v) is 3.49. The van der Waals surface area contributed by atoms with E-state index in [4.69, 9.17) is 5.11 Å². The molecule has 3 heteroatoms. The van der Waals surface area contributed by atoms with E-state index in [0.29, 0.717) is 18.6 Å². The van der Waals surface area contributed by atoms with E-state index >= 15 is 0 Å². The fourth-order valence-corrected chi connectivity index (χ4v) is 2.14. The van der Waals surface area contributed by atoms with E-state index in [9.17, 15) is 0 Å². The highest BCUT2D eigenvalue weighted by molar-refractivity contribution is 4.75. The average Bonchev–Trinajstić information content (AvgIpc) is 2.26. The third-order valence-electron chi connectivity index (χ3n) is 3.49. The summed E-state index contributed by atoms with van der Waals surface area (Å²) in [5.41, 5.74) is 0. The first-order chi connectivity index (χ1) is 7.17. The summed E-state index contributed by atoms with van der Waals surface area (Å²) in [6.45, 7) is 12.8. The number of hydrogen-bond donors (Lipinski definition) is 1. The van der Waals surface area contributed by atoms with Crippen LogP contribution < -0.4 is 0 Å². The Hall–Kier alpha value is -0.120. The lowest BCUT2D eigenvalue weighted by Crippen LogP contribution is -2.50. The monoisotopic (exact) mass is 214 g/mol. The van der Waals surface area contributed by atoms with E-state index in [-0.39, 0.29) is 0 Å². The SMILES string of the molecule is CCC(CO)CN1CCN(C(C)C)CC1. The Morgan fingerprint density at radius 2 is 1.73 bits per heavy atom. The predicted octanol–water partition coefficient (Wildman–Crippen LogP) is 1.03. The van der Waals surface area contributed by atoms with Gasteiger partial charge < -0.3 is 10.0 Å². The summed E-state index contributed by atoms with van der Waals surface area (Å²) in [6, 6.07) is 0.673. The van der Waals surface area contributed by atoms with Crippen molar-refractivity contribution in [2.45, 2.75) is 33.2 Å². The van der Waals surface area contributed by atoms with E-state index in [0.717, 1.165) is 26.1 Å². The fourth-order valence-electron chi connectivity index (χ4n) is 2.14. The second-order valence-corrected chi connectivity index (χ2v) is 4.89. The van der Waals surface area contributed by atoms with Gasteiger partial charge in [0, 0.05) is 45.4 Å². The first-order valence-corrected chi connectivity index (χ1v) is 6.24. The van der Waals surface area contributed by atoms with Crippen molar-refractivity contribution in [2.75, 3.05) is 39.3 Å². The van der Waals surface area contributed by atoms with Crippen LogP contribution in [0.1, 0.15) is 27.2 Å². The van der Waals surface area contributed by atoms with Crippen molar-refractivity contribution in [3.05, 3.63) is 0 Å². The van der Waals surface area contributed by atoms with Gasteiger partial charge in [0.1, 0.15) is 0 Å². The van der Waals surface area contributed by atoms with Gasteiger partial charge in [-0.3, -0.25) is 4.90 Å². The van der Waals surface area contributed by atoms with Crippen molar-refractivity contribution in [1.82, 2.24) is 9.80 Å². The number of piperazine rings is 1. The average molecular weight is 214 g/mol. The molecule has 15 heavy (non-hydrogen) atoms.